The van der Waals surface area contributed by atoms with E-state index in [2.05, 4.69) is 29.6 Å². The first-order chi connectivity index (χ1) is 12.5. The number of aliphatic hydroxyl groups is 1. The van der Waals surface area contributed by atoms with Crippen LogP contribution < -0.4 is 11.1 Å². The van der Waals surface area contributed by atoms with Gasteiger partial charge in [-0.3, -0.25) is 4.79 Å². The second-order valence-electron chi connectivity index (χ2n) is 6.36. The molecule has 1 rings (SSSR count). The molecule has 5 heteroatoms. The average molecular weight is 360 g/mol. The highest BCUT2D eigenvalue weighted by Crippen LogP contribution is 2.17. The van der Waals surface area contributed by atoms with Crippen LogP contribution in [0.3, 0.4) is 0 Å². The fourth-order valence-electron chi connectivity index (χ4n) is 2.68. The minimum absolute atomic E-state index is 0.396. The molecule has 0 saturated heterocycles. The Morgan fingerprint density at radius 3 is 2.85 bits per heavy atom. The summed E-state index contributed by atoms with van der Waals surface area (Å²) >= 11 is 0. The molecule has 1 atom stereocenters. The van der Waals surface area contributed by atoms with Crippen molar-refractivity contribution in [2.45, 2.75) is 46.0 Å². The van der Waals surface area contributed by atoms with Gasteiger partial charge in [-0.25, -0.2) is 0 Å². The van der Waals surface area contributed by atoms with Crippen LogP contribution >= 0.6 is 0 Å². The van der Waals surface area contributed by atoms with Gasteiger partial charge in [0.2, 0.25) is 0 Å². The summed E-state index contributed by atoms with van der Waals surface area (Å²) in [6.07, 6.45) is 16.2. The van der Waals surface area contributed by atoms with E-state index in [0.717, 1.165) is 61.2 Å². The topological polar surface area (TPSA) is 95.6 Å². The highest BCUT2D eigenvalue weighted by atomic mass is 16.4. The van der Waals surface area contributed by atoms with Crippen LogP contribution in [0.2, 0.25) is 0 Å². The lowest BCUT2D eigenvalue weighted by molar-refractivity contribution is -0.141. The second kappa shape index (κ2) is 12.1. The zero-order valence-electron chi connectivity index (χ0n) is 15.9. The number of nitrogens with two attached hydrogens (primary N) is 1. The van der Waals surface area contributed by atoms with Crippen LogP contribution in [0.1, 0.15) is 46.0 Å². The van der Waals surface area contributed by atoms with E-state index in [1.165, 1.54) is 0 Å². The molecule has 0 saturated carbocycles. The summed E-state index contributed by atoms with van der Waals surface area (Å²) in [6.45, 7) is 4.42. The van der Waals surface area contributed by atoms with Crippen molar-refractivity contribution in [3.8, 4) is 0 Å². The van der Waals surface area contributed by atoms with E-state index in [1.54, 1.807) is 12.2 Å². The number of nitrogens with one attached hydrogen (secondary N) is 1. The number of aliphatic carboxylic acids is 1. The molecule has 0 heterocycles. The van der Waals surface area contributed by atoms with E-state index >= 15 is 0 Å². The number of allylic oxidation sites excluding steroid dienone is 7. The number of hydrogen-bond donors (Lipinski definition) is 4. The molecular weight excluding hydrogens is 328 g/mol. The number of rotatable bonds is 9. The fraction of sp³-hybridized carbons (Fsp3) is 0.476. The van der Waals surface area contributed by atoms with Crippen molar-refractivity contribution in [1.82, 2.24) is 5.32 Å². The third kappa shape index (κ3) is 7.74. The van der Waals surface area contributed by atoms with E-state index in [0.29, 0.717) is 0 Å². The first-order valence-corrected chi connectivity index (χ1v) is 9.25. The molecule has 5 nitrogen and oxygen atoms in total. The van der Waals surface area contributed by atoms with Crippen molar-refractivity contribution in [3.05, 3.63) is 59.0 Å². The lowest BCUT2D eigenvalue weighted by atomic mass is 10.1. The van der Waals surface area contributed by atoms with Crippen molar-refractivity contribution in [2.75, 3.05) is 13.2 Å². The second-order valence-corrected chi connectivity index (χ2v) is 6.36. The monoisotopic (exact) mass is 360 g/mol. The summed E-state index contributed by atoms with van der Waals surface area (Å²) in [4.78, 5) is 11.0. The summed E-state index contributed by atoms with van der Waals surface area (Å²) in [5, 5.41) is 21.6. The third-order valence-corrected chi connectivity index (χ3v) is 4.34. The van der Waals surface area contributed by atoms with Gasteiger partial charge < -0.3 is 21.3 Å². The maximum atomic E-state index is 11.0. The first-order valence-electron chi connectivity index (χ1n) is 9.25. The molecule has 0 bridgehead atoms. The molecule has 26 heavy (non-hydrogen) atoms. The van der Waals surface area contributed by atoms with Crippen LogP contribution in [0.25, 0.3) is 0 Å². The smallest absolute Gasteiger partial charge is 0.312 e. The number of carboxylic acid groups (broad SMARTS) is 1. The maximum Gasteiger partial charge on any atom is 0.312 e. The molecule has 0 aromatic carbocycles. The number of carboxylic acids is 1. The van der Waals surface area contributed by atoms with Crippen molar-refractivity contribution in [1.29, 1.82) is 0 Å². The Kier molecular flexibility index (Phi) is 10.2. The van der Waals surface area contributed by atoms with Gasteiger partial charge in [-0.2, -0.15) is 0 Å². The molecule has 1 aliphatic carbocycles. The highest BCUT2D eigenvalue weighted by molar-refractivity contribution is 5.72. The Balaban J connectivity index is 2.71. The summed E-state index contributed by atoms with van der Waals surface area (Å²) in [5.74, 6) is -1.88. The first kappa shape index (κ1) is 21.8. The highest BCUT2D eigenvalue weighted by Gasteiger charge is 2.12. The van der Waals surface area contributed by atoms with Crippen LogP contribution in [0, 0.1) is 5.92 Å². The van der Waals surface area contributed by atoms with Crippen LogP contribution in [-0.2, 0) is 4.79 Å². The van der Waals surface area contributed by atoms with E-state index in [-0.39, 0.29) is 0 Å². The van der Waals surface area contributed by atoms with Gasteiger partial charge in [-0.05, 0) is 44.6 Å². The summed E-state index contributed by atoms with van der Waals surface area (Å²) in [6, 6.07) is 0. The Labute approximate surface area is 156 Å². The molecule has 0 radical (unpaired) electrons. The SMILES string of the molecule is CC/C=C(\C=C/C(CO)C(=O)O)CCNC1=CC/C=C\CCC(N)=C1C. The standard InChI is InChI=1S/C21H32N2O3/c1-3-8-17(11-12-18(15-24)21(25)26)13-14-23-20-10-7-5-4-6-9-19(22)16(20)2/h4-5,8,10-12,18,23-24H,3,6-7,9,13-15,22H2,1-2H3,(H,25,26)/b5-4-,12-11-,17-8+,19-16?,20-10?. The zero-order valence-corrected chi connectivity index (χ0v) is 15.9. The van der Waals surface area contributed by atoms with E-state index in [4.69, 9.17) is 15.9 Å². The molecule has 1 unspecified atom stereocenters. The fourth-order valence-corrected chi connectivity index (χ4v) is 2.68. The summed E-state index contributed by atoms with van der Waals surface area (Å²) in [7, 11) is 0. The maximum absolute atomic E-state index is 11.0. The lowest BCUT2D eigenvalue weighted by Crippen LogP contribution is -2.18. The van der Waals surface area contributed by atoms with Gasteiger partial charge in [0.15, 0.2) is 0 Å². The van der Waals surface area contributed by atoms with Gasteiger partial charge in [0, 0.05) is 17.9 Å². The molecule has 144 valence electrons. The van der Waals surface area contributed by atoms with Gasteiger partial charge in [-0.1, -0.05) is 49.0 Å². The van der Waals surface area contributed by atoms with Gasteiger partial charge >= 0.3 is 5.97 Å². The van der Waals surface area contributed by atoms with Crippen molar-refractivity contribution in [3.63, 3.8) is 0 Å². The molecule has 0 spiro atoms. The van der Waals surface area contributed by atoms with E-state index < -0.39 is 18.5 Å². The van der Waals surface area contributed by atoms with Crippen molar-refractivity contribution >= 4 is 5.97 Å². The third-order valence-electron chi connectivity index (χ3n) is 4.34. The number of aliphatic hydroxyl groups excluding tert-OH is 1. The summed E-state index contributed by atoms with van der Waals surface area (Å²) < 4.78 is 0. The lowest BCUT2D eigenvalue weighted by Gasteiger charge is -2.14. The Hall–Kier alpha value is -2.27. The minimum Gasteiger partial charge on any atom is -0.481 e. The van der Waals surface area contributed by atoms with Crippen LogP contribution in [0.5, 0.6) is 0 Å². The average Bonchev–Trinajstić information content (AvgIpc) is 2.68. The van der Waals surface area contributed by atoms with Crippen molar-refractivity contribution < 1.29 is 15.0 Å². The molecule has 0 aliphatic heterocycles. The molecule has 0 aromatic heterocycles. The van der Waals surface area contributed by atoms with Gasteiger partial charge in [-0.15, -0.1) is 0 Å². The van der Waals surface area contributed by atoms with E-state index in [1.807, 2.05) is 13.8 Å². The Bertz CT molecular complexity index is 613. The zero-order chi connectivity index (χ0) is 19.4. The molecule has 0 fully saturated rings. The van der Waals surface area contributed by atoms with Crippen LogP contribution in [0.15, 0.2) is 59.0 Å². The quantitative estimate of drug-likeness (QED) is 0.373. The summed E-state index contributed by atoms with van der Waals surface area (Å²) in [5.41, 5.74) is 10.3. The van der Waals surface area contributed by atoms with Crippen molar-refractivity contribution in [2.24, 2.45) is 11.7 Å². The Morgan fingerprint density at radius 1 is 1.42 bits per heavy atom. The number of hydrogen-bond acceptors (Lipinski definition) is 4. The predicted molar refractivity (Wildman–Crippen MR) is 106 cm³/mol. The number of carbonyl (C=O) groups is 1. The van der Waals surface area contributed by atoms with E-state index in [9.17, 15) is 4.79 Å². The van der Waals surface area contributed by atoms with Gasteiger partial charge in [0.05, 0.1) is 12.5 Å². The largest absolute Gasteiger partial charge is 0.481 e. The minimum atomic E-state index is -1.02. The predicted octanol–water partition coefficient (Wildman–Crippen LogP) is 3.41. The van der Waals surface area contributed by atoms with Gasteiger partial charge in [0.25, 0.3) is 0 Å². The normalized spacial score (nSPS) is 18.7. The van der Waals surface area contributed by atoms with Crippen LogP contribution in [-0.4, -0.2) is 29.3 Å². The van der Waals surface area contributed by atoms with Crippen LogP contribution in [0.4, 0.5) is 0 Å². The molecular formula is C21H32N2O3. The molecule has 5 N–H and O–H groups in total. The molecule has 0 amide bonds. The molecule has 0 aromatic rings. The van der Waals surface area contributed by atoms with Gasteiger partial charge in [0.1, 0.15) is 0 Å². The molecule has 1 aliphatic rings. The Morgan fingerprint density at radius 2 is 2.19 bits per heavy atom.